The van der Waals surface area contributed by atoms with Crippen molar-refractivity contribution in [2.75, 3.05) is 33.9 Å². The van der Waals surface area contributed by atoms with E-state index < -0.39 is 18.3 Å². The molecule has 0 aromatic heterocycles. The molecule has 0 saturated carbocycles. The smallest absolute Gasteiger partial charge is 0.156 e. The summed E-state index contributed by atoms with van der Waals surface area (Å²) in [5.74, 6) is 0. The van der Waals surface area contributed by atoms with Crippen LogP contribution in [0.25, 0.3) is 0 Å². The molecule has 1 aliphatic rings. The third kappa shape index (κ3) is 5.64. The van der Waals surface area contributed by atoms with Crippen LogP contribution < -0.4 is 11.1 Å². The second kappa shape index (κ2) is 8.72. The molecule has 0 aromatic rings. The first-order valence-electron chi connectivity index (χ1n) is 6.18. The number of aliphatic hydroxyl groups is 2. The highest BCUT2D eigenvalue weighted by Crippen LogP contribution is 2.27. The molecule has 0 radical (unpaired) electrons. The molecule has 7 nitrogen and oxygen atoms in total. The predicted molar refractivity (Wildman–Crippen MR) is 75.2 cm³/mol. The lowest BCUT2D eigenvalue weighted by Gasteiger charge is -2.36. The number of rotatable bonds is 6. The molecular formula is C11H23N3O4S. The van der Waals surface area contributed by atoms with Gasteiger partial charge in [-0.25, -0.2) is 0 Å². The van der Waals surface area contributed by atoms with Gasteiger partial charge in [-0.05, 0) is 0 Å². The zero-order valence-electron chi connectivity index (χ0n) is 11.3. The highest BCUT2D eigenvalue weighted by atomic mass is 32.2. The number of nitrogens with one attached hydrogen (secondary N) is 1. The number of nitrogens with two attached hydrogens (primary N) is 1. The standard InChI is InChI=1S/C11H23N3O4S/c1-13-11(12)19-9-5-7(15)10(16)8(18-9)6-14-3-4-17-2/h7-10,14-16H,3-6H2,1-2H3,(H2,12,13)/t7-,8-,9?,10+/m1/s1. The van der Waals surface area contributed by atoms with Gasteiger partial charge in [0.25, 0.3) is 0 Å². The fourth-order valence-electron chi connectivity index (χ4n) is 1.77. The number of thioether (sulfide) groups is 1. The molecule has 1 unspecified atom stereocenters. The van der Waals surface area contributed by atoms with E-state index >= 15 is 0 Å². The first-order valence-corrected chi connectivity index (χ1v) is 7.06. The van der Waals surface area contributed by atoms with E-state index in [4.69, 9.17) is 15.2 Å². The minimum Gasteiger partial charge on any atom is -0.390 e. The average molecular weight is 293 g/mol. The number of hydrogen-bond acceptors (Lipinski definition) is 7. The summed E-state index contributed by atoms with van der Waals surface area (Å²) in [5, 5.41) is 23.2. The number of methoxy groups -OCH3 is 1. The van der Waals surface area contributed by atoms with Crippen LogP contribution in [0.15, 0.2) is 4.99 Å². The summed E-state index contributed by atoms with van der Waals surface area (Å²) in [4.78, 5) is 3.84. The normalized spacial score (nSPS) is 32.5. The Morgan fingerprint density at radius 2 is 2.32 bits per heavy atom. The lowest BCUT2D eigenvalue weighted by molar-refractivity contribution is -0.142. The maximum atomic E-state index is 9.89. The lowest BCUT2D eigenvalue weighted by atomic mass is 10.0. The van der Waals surface area contributed by atoms with Gasteiger partial charge in [0, 0.05) is 33.7 Å². The second-order valence-electron chi connectivity index (χ2n) is 4.27. The van der Waals surface area contributed by atoms with Crippen LogP contribution in [0.2, 0.25) is 0 Å². The van der Waals surface area contributed by atoms with E-state index in [1.807, 2.05) is 0 Å². The van der Waals surface area contributed by atoms with Crippen molar-refractivity contribution >= 4 is 16.9 Å². The Balaban J connectivity index is 2.44. The number of amidine groups is 1. The Morgan fingerprint density at radius 1 is 1.58 bits per heavy atom. The Kier molecular flexibility index (Phi) is 7.66. The van der Waals surface area contributed by atoms with Gasteiger partial charge in [-0.15, -0.1) is 0 Å². The fourth-order valence-corrected chi connectivity index (χ4v) is 2.63. The summed E-state index contributed by atoms with van der Waals surface area (Å²) in [5.41, 5.74) is 5.33. The molecule has 0 aliphatic carbocycles. The van der Waals surface area contributed by atoms with Crippen molar-refractivity contribution in [2.24, 2.45) is 10.7 Å². The molecule has 8 heteroatoms. The Hall–Kier alpha value is -0.380. The van der Waals surface area contributed by atoms with Crippen LogP contribution in [0.5, 0.6) is 0 Å². The largest absolute Gasteiger partial charge is 0.390 e. The van der Waals surface area contributed by atoms with Crippen LogP contribution in [-0.4, -0.2) is 73.0 Å². The van der Waals surface area contributed by atoms with Gasteiger partial charge >= 0.3 is 0 Å². The van der Waals surface area contributed by atoms with Crippen LogP contribution in [-0.2, 0) is 9.47 Å². The van der Waals surface area contributed by atoms with Crippen molar-refractivity contribution in [1.29, 1.82) is 0 Å². The summed E-state index contributed by atoms with van der Waals surface area (Å²) in [6, 6.07) is 0. The first kappa shape index (κ1) is 16.7. The summed E-state index contributed by atoms with van der Waals surface area (Å²) >= 11 is 1.26. The second-order valence-corrected chi connectivity index (χ2v) is 5.45. The van der Waals surface area contributed by atoms with Gasteiger partial charge in [-0.1, -0.05) is 11.8 Å². The van der Waals surface area contributed by atoms with E-state index in [9.17, 15) is 10.2 Å². The van der Waals surface area contributed by atoms with E-state index in [2.05, 4.69) is 10.3 Å². The average Bonchev–Trinajstić information content (AvgIpc) is 2.39. The third-order valence-electron chi connectivity index (χ3n) is 2.84. The quantitative estimate of drug-likeness (QED) is 0.275. The minimum absolute atomic E-state index is 0.295. The maximum Gasteiger partial charge on any atom is 0.156 e. The molecule has 19 heavy (non-hydrogen) atoms. The topological polar surface area (TPSA) is 109 Å². The van der Waals surface area contributed by atoms with Gasteiger partial charge in [-0.2, -0.15) is 0 Å². The molecule has 1 fully saturated rings. The van der Waals surface area contributed by atoms with Gasteiger partial charge in [0.1, 0.15) is 11.5 Å². The number of ether oxygens (including phenoxy) is 2. The zero-order valence-corrected chi connectivity index (χ0v) is 12.1. The summed E-state index contributed by atoms with van der Waals surface area (Å²) in [6.07, 6.45) is -1.85. The fraction of sp³-hybridized carbons (Fsp3) is 0.909. The summed E-state index contributed by atoms with van der Waals surface area (Å²) in [6.45, 7) is 1.69. The Bertz CT molecular complexity index is 293. The van der Waals surface area contributed by atoms with E-state index in [0.29, 0.717) is 31.3 Å². The third-order valence-corrected chi connectivity index (χ3v) is 3.83. The number of hydrogen-bond donors (Lipinski definition) is 4. The highest BCUT2D eigenvalue weighted by Gasteiger charge is 2.37. The molecule has 0 spiro atoms. The van der Waals surface area contributed by atoms with Gasteiger partial charge in [0.15, 0.2) is 5.17 Å². The molecule has 1 rings (SSSR count). The summed E-state index contributed by atoms with van der Waals surface area (Å²) < 4.78 is 10.6. The number of aliphatic hydroxyl groups excluding tert-OH is 2. The lowest BCUT2D eigenvalue weighted by Crippen LogP contribution is -2.52. The van der Waals surface area contributed by atoms with E-state index in [-0.39, 0.29) is 5.44 Å². The first-order chi connectivity index (χ1) is 9.08. The van der Waals surface area contributed by atoms with Crippen molar-refractivity contribution < 1.29 is 19.7 Å². The van der Waals surface area contributed by atoms with Crippen molar-refractivity contribution in [1.82, 2.24) is 5.32 Å². The van der Waals surface area contributed by atoms with Crippen LogP contribution in [0.1, 0.15) is 6.42 Å². The maximum absolute atomic E-state index is 9.89. The Morgan fingerprint density at radius 3 is 2.95 bits per heavy atom. The molecule has 1 heterocycles. The summed E-state index contributed by atoms with van der Waals surface area (Å²) in [7, 11) is 3.22. The van der Waals surface area contributed by atoms with Crippen LogP contribution in [0.4, 0.5) is 0 Å². The van der Waals surface area contributed by atoms with Crippen molar-refractivity contribution in [3.05, 3.63) is 0 Å². The molecule has 4 atom stereocenters. The molecule has 0 bridgehead atoms. The van der Waals surface area contributed by atoms with Gasteiger partial charge in [0.2, 0.25) is 0 Å². The van der Waals surface area contributed by atoms with Crippen LogP contribution in [0, 0.1) is 0 Å². The number of aliphatic imine (C=N–C) groups is 1. The molecule has 0 aromatic carbocycles. The minimum atomic E-state index is -0.897. The monoisotopic (exact) mass is 293 g/mol. The van der Waals surface area contributed by atoms with Gasteiger partial charge < -0.3 is 30.7 Å². The molecule has 0 amide bonds. The molecule has 5 N–H and O–H groups in total. The highest BCUT2D eigenvalue weighted by molar-refractivity contribution is 8.14. The molecular weight excluding hydrogens is 270 g/mol. The number of nitrogens with zero attached hydrogens (tertiary/aromatic N) is 1. The predicted octanol–water partition coefficient (Wildman–Crippen LogP) is -1.26. The van der Waals surface area contributed by atoms with E-state index in [1.165, 1.54) is 11.8 Å². The Labute approximate surface area is 117 Å². The van der Waals surface area contributed by atoms with Gasteiger partial charge in [0.05, 0.1) is 18.8 Å². The molecule has 1 aliphatic heterocycles. The van der Waals surface area contributed by atoms with Crippen LogP contribution in [0.3, 0.4) is 0 Å². The van der Waals surface area contributed by atoms with Crippen LogP contribution >= 0.6 is 11.8 Å². The molecule has 112 valence electrons. The van der Waals surface area contributed by atoms with Crippen molar-refractivity contribution in [2.45, 2.75) is 30.2 Å². The zero-order chi connectivity index (χ0) is 14.3. The molecule has 1 saturated heterocycles. The van der Waals surface area contributed by atoms with Gasteiger partial charge in [-0.3, -0.25) is 4.99 Å². The van der Waals surface area contributed by atoms with E-state index in [0.717, 1.165) is 0 Å². The van der Waals surface area contributed by atoms with Crippen molar-refractivity contribution in [3.63, 3.8) is 0 Å². The van der Waals surface area contributed by atoms with Crippen molar-refractivity contribution in [3.8, 4) is 0 Å². The SMILES string of the molecule is CN=C(N)SC1C[C@@H](O)[C@H](O)[C@@H](CNCCOC)O1. The van der Waals surface area contributed by atoms with E-state index in [1.54, 1.807) is 14.2 Å².